The molecule has 0 unspecified atom stereocenters. The van der Waals surface area contributed by atoms with Gasteiger partial charge in [-0.3, -0.25) is 0 Å². The number of nitrogens with one attached hydrogen (secondary N) is 1. The van der Waals surface area contributed by atoms with Crippen LogP contribution in [0.1, 0.15) is 16.7 Å². The molecule has 0 saturated carbocycles. The van der Waals surface area contributed by atoms with E-state index in [1.165, 1.54) is 17.4 Å². The smallest absolute Gasteiger partial charge is 0.175 e. The van der Waals surface area contributed by atoms with Crippen molar-refractivity contribution in [2.24, 2.45) is 0 Å². The minimum Gasteiger partial charge on any atom is -0.316 e. The fourth-order valence-electron chi connectivity index (χ4n) is 2.23. The lowest BCUT2D eigenvalue weighted by atomic mass is 10.0. The predicted molar refractivity (Wildman–Crippen MR) is 71.8 cm³/mol. The van der Waals surface area contributed by atoms with Gasteiger partial charge < -0.3 is 5.32 Å². The van der Waals surface area contributed by atoms with Crippen LogP contribution in [0.2, 0.25) is 0 Å². The fourth-order valence-corrected chi connectivity index (χ4v) is 3.23. The Kier molecular flexibility index (Phi) is 4.58. The molecule has 0 radical (unpaired) electrons. The van der Waals surface area contributed by atoms with Gasteiger partial charge in [-0.15, -0.1) is 12.4 Å². The van der Waals surface area contributed by atoms with Crippen molar-refractivity contribution in [2.75, 3.05) is 19.3 Å². The largest absolute Gasteiger partial charge is 0.316 e. The number of benzene rings is 1. The summed E-state index contributed by atoms with van der Waals surface area (Å²) in [6.45, 7) is 3.78. The molecule has 0 aromatic heterocycles. The second kappa shape index (κ2) is 5.38. The second-order valence-electron chi connectivity index (χ2n) is 4.41. The molecule has 1 aromatic carbocycles. The number of fused-ring (bicyclic) bond motifs is 1. The minimum absolute atomic E-state index is 0. The van der Waals surface area contributed by atoms with Gasteiger partial charge in [0.1, 0.15) is 0 Å². The molecular formula is C12H18ClNO2S. The highest BCUT2D eigenvalue weighted by atomic mass is 35.5. The van der Waals surface area contributed by atoms with Crippen molar-refractivity contribution in [1.29, 1.82) is 0 Å². The van der Waals surface area contributed by atoms with E-state index in [4.69, 9.17) is 0 Å². The Balaban J connectivity index is 0.00000144. The minimum atomic E-state index is -3.10. The normalized spacial score (nSPS) is 15.6. The van der Waals surface area contributed by atoms with Crippen LogP contribution in [0, 0.1) is 6.92 Å². The van der Waals surface area contributed by atoms with Gasteiger partial charge in [0.05, 0.1) is 4.90 Å². The molecule has 0 saturated heterocycles. The molecule has 0 bridgehead atoms. The Morgan fingerprint density at radius 1 is 1.12 bits per heavy atom. The highest BCUT2D eigenvalue weighted by Gasteiger charge is 2.15. The van der Waals surface area contributed by atoms with E-state index in [1.54, 1.807) is 0 Å². The summed E-state index contributed by atoms with van der Waals surface area (Å²) >= 11 is 0. The molecule has 5 heteroatoms. The Morgan fingerprint density at radius 2 is 1.65 bits per heavy atom. The van der Waals surface area contributed by atoms with Crippen LogP contribution in [-0.2, 0) is 22.7 Å². The monoisotopic (exact) mass is 275 g/mol. The van der Waals surface area contributed by atoms with Crippen molar-refractivity contribution in [3.63, 3.8) is 0 Å². The summed E-state index contributed by atoms with van der Waals surface area (Å²) in [5.74, 6) is 0. The zero-order valence-electron chi connectivity index (χ0n) is 10.1. The molecule has 1 aliphatic heterocycles. The quantitative estimate of drug-likeness (QED) is 0.845. The molecule has 3 nitrogen and oxygen atoms in total. The van der Waals surface area contributed by atoms with Crippen molar-refractivity contribution in [1.82, 2.24) is 5.32 Å². The first kappa shape index (κ1) is 14.5. The molecule has 0 amide bonds. The molecule has 0 fully saturated rings. The molecule has 1 aromatic rings. The maximum absolute atomic E-state index is 11.6. The molecule has 96 valence electrons. The third kappa shape index (κ3) is 3.21. The molecule has 0 spiro atoms. The zero-order chi connectivity index (χ0) is 11.8. The Hall–Kier alpha value is -0.580. The lowest BCUT2D eigenvalue weighted by Crippen LogP contribution is -2.16. The maximum Gasteiger partial charge on any atom is 0.175 e. The van der Waals surface area contributed by atoms with Gasteiger partial charge in [0.2, 0.25) is 0 Å². The number of rotatable bonds is 1. The van der Waals surface area contributed by atoms with Gasteiger partial charge in [-0.25, -0.2) is 8.42 Å². The zero-order valence-corrected chi connectivity index (χ0v) is 11.7. The molecule has 1 heterocycles. The SMILES string of the molecule is Cc1cc2c(cc1S(C)(=O)=O)CCNCC2.Cl. The summed E-state index contributed by atoms with van der Waals surface area (Å²) < 4.78 is 23.2. The molecule has 1 aliphatic rings. The van der Waals surface area contributed by atoms with E-state index in [0.717, 1.165) is 31.5 Å². The van der Waals surface area contributed by atoms with E-state index in [-0.39, 0.29) is 12.4 Å². The van der Waals surface area contributed by atoms with E-state index < -0.39 is 9.84 Å². The number of hydrogen-bond donors (Lipinski definition) is 1. The van der Waals surface area contributed by atoms with Gasteiger partial charge in [0.25, 0.3) is 0 Å². The number of hydrogen-bond acceptors (Lipinski definition) is 3. The first-order valence-electron chi connectivity index (χ1n) is 5.51. The second-order valence-corrected chi connectivity index (χ2v) is 6.39. The third-order valence-corrected chi connectivity index (χ3v) is 4.28. The van der Waals surface area contributed by atoms with E-state index in [2.05, 4.69) is 5.32 Å². The van der Waals surface area contributed by atoms with Gasteiger partial charge in [0.15, 0.2) is 9.84 Å². The van der Waals surface area contributed by atoms with Gasteiger partial charge in [-0.2, -0.15) is 0 Å². The number of aryl methyl sites for hydroxylation is 1. The summed E-state index contributed by atoms with van der Waals surface area (Å²) in [5.41, 5.74) is 3.33. The summed E-state index contributed by atoms with van der Waals surface area (Å²) in [7, 11) is -3.10. The first-order chi connectivity index (χ1) is 7.48. The lowest BCUT2D eigenvalue weighted by molar-refractivity contribution is 0.601. The van der Waals surface area contributed by atoms with Gasteiger partial charge >= 0.3 is 0 Å². The predicted octanol–water partition coefficient (Wildman–Crippen LogP) is 1.51. The first-order valence-corrected chi connectivity index (χ1v) is 7.41. The van der Waals surface area contributed by atoms with Crippen molar-refractivity contribution in [2.45, 2.75) is 24.7 Å². The highest BCUT2D eigenvalue weighted by Crippen LogP contribution is 2.22. The van der Waals surface area contributed by atoms with E-state index in [1.807, 2.05) is 19.1 Å². The summed E-state index contributed by atoms with van der Waals surface area (Å²) in [4.78, 5) is 0.480. The maximum atomic E-state index is 11.6. The summed E-state index contributed by atoms with van der Waals surface area (Å²) in [6.07, 6.45) is 3.18. The van der Waals surface area contributed by atoms with E-state index >= 15 is 0 Å². The highest BCUT2D eigenvalue weighted by molar-refractivity contribution is 7.90. The van der Waals surface area contributed by atoms with Crippen molar-refractivity contribution in [3.8, 4) is 0 Å². The molecule has 1 N–H and O–H groups in total. The van der Waals surface area contributed by atoms with Crippen molar-refractivity contribution < 1.29 is 8.42 Å². The topological polar surface area (TPSA) is 46.2 Å². The third-order valence-electron chi connectivity index (χ3n) is 3.04. The van der Waals surface area contributed by atoms with Crippen LogP contribution < -0.4 is 5.32 Å². The van der Waals surface area contributed by atoms with Crippen LogP contribution in [-0.4, -0.2) is 27.8 Å². The van der Waals surface area contributed by atoms with Crippen LogP contribution in [0.3, 0.4) is 0 Å². The number of halogens is 1. The van der Waals surface area contributed by atoms with Crippen LogP contribution in [0.5, 0.6) is 0 Å². The Bertz CT molecular complexity index is 511. The van der Waals surface area contributed by atoms with Crippen LogP contribution >= 0.6 is 12.4 Å². The van der Waals surface area contributed by atoms with E-state index in [9.17, 15) is 8.42 Å². The average Bonchev–Trinajstić information content (AvgIpc) is 2.39. The van der Waals surface area contributed by atoms with Crippen LogP contribution in [0.25, 0.3) is 0 Å². The Labute approximate surface area is 109 Å². The summed E-state index contributed by atoms with van der Waals surface area (Å²) in [6, 6.07) is 3.88. The van der Waals surface area contributed by atoms with Crippen LogP contribution in [0.4, 0.5) is 0 Å². The molecule has 0 aliphatic carbocycles. The van der Waals surface area contributed by atoms with Crippen LogP contribution in [0.15, 0.2) is 17.0 Å². The van der Waals surface area contributed by atoms with E-state index in [0.29, 0.717) is 4.90 Å². The van der Waals surface area contributed by atoms with Crippen molar-refractivity contribution >= 4 is 22.2 Å². The van der Waals surface area contributed by atoms with Gasteiger partial charge in [0, 0.05) is 6.26 Å². The Morgan fingerprint density at radius 3 is 2.18 bits per heavy atom. The van der Waals surface area contributed by atoms with Gasteiger partial charge in [-0.05, 0) is 55.6 Å². The fraction of sp³-hybridized carbons (Fsp3) is 0.500. The number of sulfone groups is 1. The molecule has 17 heavy (non-hydrogen) atoms. The van der Waals surface area contributed by atoms with Gasteiger partial charge in [-0.1, -0.05) is 6.07 Å². The standard InChI is InChI=1S/C12H17NO2S.ClH/c1-9-7-10-3-5-13-6-4-11(10)8-12(9)16(2,14)15;/h7-8,13H,3-6H2,1-2H3;1H. The molecule has 0 atom stereocenters. The lowest BCUT2D eigenvalue weighted by Gasteiger charge is -2.10. The summed E-state index contributed by atoms with van der Waals surface area (Å²) in [5, 5.41) is 3.32. The molecule has 2 rings (SSSR count). The average molecular weight is 276 g/mol. The van der Waals surface area contributed by atoms with Crippen molar-refractivity contribution in [3.05, 3.63) is 28.8 Å². The molecular weight excluding hydrogens is 258 g/mol.